The summed E-state index contributed by atoms with van der Waals surface area (Å²) in [7, 11) is 1.83. The van der Waals surface area contributed by atoms with Gasteiger partial charge in [-0.15, -0.1) is 11.8 Å². The Labute approximate surface area is 152 Å². The van der Waals surface area contributed by atoms with Crippen molar-refractivity contribution in [2.75, 3.05) is 12.8 Å². The summed E-state index contributed by atoms with van der Waals surface area (Å²) in [4.78, 5) is 15.2. The molecule has 5 heteroatoms. The van der Waals surface area contributed by atoms with Crippen molar-refractivity contribution in [3.63, 3.8) is 0 Å². The van der Waals surface area contributed by atoms with Crippen LogP contribution in [0.4, 0.5) is 0 Å². The number of para-hydroxylation sites is 1. The molecule has 128 valence electrons. The van der Waals surface area contributed by atoms with E-state index >= 15 is 0 Å². The molecule has 1 heterocycles. The minimum atomic E-state index is 0.109. The van der Waals surface area contributed by atoms with Crippen molar-refractivity contribution in [1.82, 2.24) is 14.7 Å². The zero-order valence-corrected chi connectivity index (χ0v) is 15.2. The maximum Gasteiger partial charge on any atom is 0.232 e. The van der Waals surface area contributed by atoms with Crippen LogP contribution in [0.3, 0.4) is 0 Å². The number of nitrogens with zero attached hydrogens (tertiary/aromatic N) is 3. The van der Waals surface area contributed by atoms with Crippen LogP contribution in [-0.2, 0) is 11.3 Å². The van der Waals surface area contributed by atoms with Crippen molar-refractivity contribution in [1.29, 1.82) is 0 Å². The number of aryl methyl sites for hydroxylation is 1. The quantitative estimate of drug-likeness (QED) is 0.632. The summed E-state index contributed by atoms with van der Waals surface area (Å²) in [5.41, 5.74) is 3.25. The van der Waals surface area contributed by atoms with E-state index in [2.05, 4.69) is 36.3 Å². The first kappa shape index (κ1) is 17.3. The number of carbonyl (C=O) groups is 1. The summed E-state index contributed by atoms with van der Waals surface area (Å²) in [5.74, 6) is 0.546. The molecule has 2 aromatic carbocycles. The number of amides is 1. The van der Waals surface area contributed by atoms with Gasteiger partial charge in [0.15, 0.2) is 0 Å². The van der Waals surface area contributed by atoms with Gasteiger partial charge < -0.3 is 4.90 Å². The third-order valence-electron chi connectivity index (χ3n) is 3.89. The molecule has 3 aromatic rings. The number of hydrogen-bond acceptors (Lipinski definition) is 3. The van der Waals surface area contributed by atoms with Crippen LogP contribution >= 0.6 is 11.8 Å². The van der Waals surface area contributed by atoms with Gasteiger partial charge in [-0.2, -0.15) is 5.10 Å². The summed E-state index contributed by atoms with van der Waals surface area (Å²) in [6.07, 6.45) is 3.77. The first-order valence-corrected chi connectivity index (χ1v) is 9.13. The average molecular weight is 351 g/mol. The molecule has 0 atom stereocenters. The second-order valence-electron chi connectivity index (χ2n) is 5.98. The van der Waals surface area contributed by atoms with Gasteiger partial charge in [-0.05, 0) is 31.2 Å². The summed E-state index contributed by atoms with van der Waals surface area (Å²) >= 11 is 1.57. The Morgan fingerprint density at radius 2 is 1.84 bits per heavy atom. The molecule has 0 N–H and O–H groups in total. The van der Waals surface area contributed by atoms with E-state index in [1.807, 2.05) is 54.5 Å². The van der Waals surface area contributed by atoms with Crippen LogP contribution in [0.15, 0.2) is 71.9 Å². The molecule has 0 unspecified atom stereocenters. The Morgan fingerprint density at radius 3 is 2.56 bits per heavy atom. The molecule has 0 spiro atoms. The lowest BCUT2D eigenvalue weighted by atomic mass is 10.2. The lowest BCUT2D eigenvalue weighted by molar-refractivity contribution is -0.127. The molecule has 0 bridgehead atoms. The molecule has 0 radical (unpaired) electrons. The van der Waals surface area contributed by atoms with E-state index in [9.17, 15) is 4.79 Å². The summed E-state index contributed by atoms with van der Waals surface area (Å²) < 4.78 is 1.83. The lowest BCUT2D eigenvalue weighted by Crippen LogP contribution is -2.27. The largest absolute Gasteiger partial charge is 0.341 e. The Bertz CT molecular complexity index is 828. The van der Waals surface area contributed by atoms with Gasteiger partial charge >= 0.3 is 0 Å². The monoisotopic (exact) mass is 351 g/mol. The second kappa shape index (κ2) is 8.03. The number of benzene rings is 2. The first-order valence-electron chi connectivity index (χ1n) is 8.14. The highest BCUT2D eigenvalue weighted by Crippen LogP contribution is 2.19. The molecule has 0 saturated carbocycles. The van der Waals surface area contributed by atoms with Crippen LogP contribution in [0.1, 0.15) is 11.1 Å². The van der Waals surface area contributed by atoms with E-state index in [4.69, 9.17) is 0 Å². The van der Waals surface area contributed by atoms with Gasteiger partial charge in [-0.3, -0.25) is 4.79 Å². The highest BCUT2D eigenvalue weighted by Gasteiger charge is 2.11. The topological polar surface area (TPSA) is 38.1 Å². The van der Waals surface area contributed by atoms with Crippen LogP contribution in [-0.4, -0.2) is 33.4 Å². The standard InChI is InChI=1S/C20H21N3OS/c1-16-8-10-19(11-9-16)25-15-20(24)22(2)13-17-12-21-23(14-17)18-6-4-3-5-7-18/h3-12,14H,13,15H2,1-2H3. The van der Waals surface area contributed by atoms with E-state index in [0.717, 1.165) is 16.1 Å². The van der Waals surface area contributed by atoms with E-state index in [0.29, 0.717) is 12.3 Å². The Kier molecular flexibility index (Phi) is 5.56. The Morgan fingerprint density at radius 1 is 1.12 bits per heavy atom. The van der Waals surface area contributed by atoms with Crippen molar-refractivity contribution in [3.05, 3.63) is 78.1 Å². The van der Waals surface area contributed by atoms with E-state index < -0.39 is 0 Å². The number of thioether (sulfide) groups is 1. The summed E-state index contributed by atoms with van der Waals surface area (Å²) in [6, 6.07) is 18.2. The zero-order chi connectivity index (χ0) is 17.6. The normalized spacial score (nSPS) is 10.6. The van der Waals surface area contributed by atoms with Crippen molar-refractivity contribution in [3.8, 4) is 5.69 Å². The number of carbonyl (C=O) groups excluding carboxylic acids is 1. The third-order valence-corrected chi connectivity index (χ3v) is 4.88. The fraction of sp³-hybridized carbons (Fsp3) is 0.200. The molecule has 3 rings (SSSR count). The smallest absolute Gasteiger partial charge is 0.232 e. The predicted octanol–water partition coefficient (Wildman–Crippen LogP) is 3.93. The molecule has 0 aliphatic carbocycles. The second-order valence-corrected chi connectivity index (χ2v) is 7.03. The van der Waals surface area contributed by atoms with E-state index in [1.54, 1.807) is 16.7 Å². The molecule has 0 saturated heterocycles. The van der Waals surface area contributed by atoms with Gasteiger partial charge in [0.05, 0.1) is 17.6 Å². The van der Waals surface area contributed by atoms with Crippen LogP contribution in [0.5, 0.6) is 0 Å². The molecule has 0 aliphatic heterocycles. The van der Waals surface area contributed by atoms with Gasteiger partial charge in [0, 0.05) is 30.2 Å². The molecule has 0 fully saturated rings. The number of hydrogen-bond donors (Lipinski definition) is 0. The number of aromatic nitrogens is 2. The zero-order valence-electron chi connectivity index (χ0n) is 14.4. The van der Waals surface area contributed by atoms with Crippen molar-refractivity contribution < 1.29 is 4.79 Å². The summed E-state index contributed by atoms with van der Waals surface area (Å²) in [5, 5.41) is 4.37. The molecule has 4 nitrogen and oxygen atoms in total. The maximum absolute atomic E-state index is 12.3. The lowest BCUT2D eigenvalue weighted by Gasteiger charge is -2.16. The Balaban J connectivity index is 1.54. The van der Waals surface area contributed by atoms with Gasteiger partial charge in [-0.25, -0.2) is 4.68 Å². The molecule has 25 heavy (non-hydrogen) atoms. The highest BCUT2D eigenvalue weighted by molar-refractivity contribution is 8.00. The molecular formula is C20H21N3OS. The fourth-order valence-corrected chi connectivity index (χ4v) is 3.25. The molecular weight excluding hydrogens is 330 g/mol. The predicted molar refractivity (Wildman–Crippen MR) is 102 cm³/mol. The maximum atomic E-state index is 12.3. The van der Waals surface area contributed by atoms with Crippen molar-refractivity contribution in [2.45, 2.75) is 18.4 Å². The number of rotatable bonds is 6. The Hall–Kier alpha value is -2.53. The highest BCUT2D eigenvalue weighted by atomic mass is 32.2. The summed E-state index contributed by atoms with van der Waals surface area (Å²) in [6.45, 7) is 2.61. The van der Waals surface area contributed by atoms with Crippen LogP contribution in [0.25, 0.3) is 5.69 Å². The molecule has 0 aliphatic rings. The van der Waals surface area contributed by atoms with Gasteiger partial charge in [0.2, 0.25) is 5.91 Å². The van der Waals surface area contributed by atoms with Gasteiger partial charge in [-0.1, -0.05) is 35.9 Å². The van der Waals surface area contributed by atoms with E-state index in [-0.39, 0.29) is 5.91 Å². The SMILES string of the molecule is Cc1ccc(SCC(=O)N(C)Cc2cnn(-c3ccccc3)c2)cc1. The van der Waals surface area contributed by atoms with Crippen LogP contribution in [0, 0.1) is 6.92 Å². The van der Waals surface area contributed by atoms with E-state index in [1.165, 1.54) is 5.56 Å². The van der Waals surface area contributed by atoms with Crippen molar-refractivity contribution >= 4 is 17.7 Å². The molecule has 1 amide bonds. The minimum absolute atomic E-state index is 0.109. The van der Waals surface area contributed by atoms with Gasteiger partial charge in [0.25, 0.3) is 0 Å². The van der Waals surface area contributed by atoms with Gasteiger partial charge in [0.1, 0.15) is 0 Å². The van der Waals surface area contributed by atoms with Crippen molar-refractivity contribution in [2.24, 2.45) is 0 Å². The minimum Gasteiger partial charge on any atom is -0.341 e. The fourth-order valence-electron chi connectivity index (χ4n) is 2.42. The third kappa shape index (κ3) is 4.73. The average Bonchev–Trinajstić information content (AvgIpc) is 3.10. The first-order chi connectivity index (χ1) is 12.1. The van der Waals surface area contributed by atoms with Crippen LogP contribution in [0.2, 0.25) is 0 Å². The van der Waals surface area contributed by atoms with Crippen LogP contribution < -0.4 is 0 Å². The molecule has 1 aromatic heterocycles.